The van der Waals surface area contributed by atoms with E-state index in [1.165, 1.54) is 6.42 Å². The SMILES string of the molecule is O=C1NC(=O)C(c2cn(CC(O)CN3CCCCC3)c3cc4c(cc23)OCO4)=C1c1c[nH]c2cc3c(cc12)OCO3. The minimum atomic E-state index is -0.618. The normalized spacial score (nSPS) is 19.1. The van der Waals surface area contributed by atoms with Crippen LogP contribution in [-0.2, 0) is 16.1 Å². The number of β-amino-alcohol motifs (C(OH)–C–C–N with tert-alkyl or cyclic N) is 1. The number of benzene rings is 2. The van der Waals surface area contributed by atoms with Gasteiger partial charge in [-0.3, -0.25) is 14.9 Å². The fourth-order valence-electron chi connectivity index (χ4n) is 6.44. The number of H-pyrrole nitrogens is 1. The van der Waals surface area contributed by atoms with Crippen LogP contribution in [0.4, 0.5) is 0 Å². The lowest BCUT2D eigenvalue weighted by molar-refractivity contribution is -0.122. The Hall–Kier alpha value is -4.48. The maximum atomic E-state index is 13.4. The van der Waals surface area contributed by atoms with Crippen molar-refractivity contribution in [2.24, 2.45) is 0 Å². The molecule has 2 aromatic carbocycles. The molecule has 1 fully saturated rings. The molecular weight excluding hydrogens is 528 g/mol. The molecule has 8 rings (SSSR count). The highest BCUT2D eigenvalue weighted by molar-refractivity contribution is 6.50. The summed E-state index contributed by atoms with van der Waals surface area (Å²) in [4.78, 5) is 32.2. The van der Waals surface area contributed by atoms with Crippen molar-refractivity contribution in [3.63, 3.8) is 0 Å². The number of ether oxygens (including phenoxy) is 4. The molecule has 2 amide bonds. The van der Waals surface area contributed by atoms with E-state index in [0.717, 1.165) is 47.7 Å². The van der Waals surface area contributed by atoms with E-state index in [9.17, 15) is 14.7 Å². The van der Waals surface area contributed by atoms with E-state index in [4.69, 9.17) is 18.9 Å². The number of carbonyl (C=O) groups is 2. The van der Waals surface area contributed by atoms with Crippen LogP contribution in [-0.4, -0.2) is 70.7 Å². The number of carbonyl (C=O) groups excluding carboxylic acids is 2. The second kappa shape index (κ2) is 9.28. The van der Waals surface area contributed by atoms with Crippen molar-refractivity contribution in [2.75, 3.05) is 33.2 Å². The van der Waals surface area contributed by atoms with Gasteiger partial charge in [-0.25, -0.2) is 0 Å². The fourth-order valence-corrected chi connectivity index (χ4v) is 6.44. The van der Waals surface area contributed by atoms with Gasteiger partial charge in [-0.2, -0.15) is 0 Å². The van der Waals surface area contributed by atoms with Gasteiger partial charge in [0.15, 0.2) is 23.0 Å². The Labute approximate surface area is 234 Å². The molecule has 1 saturated heterocycles. The average molecular weight is 557 g/mol. The number of fused-ring (bicyclic) bond motifs is 4. The van der Waals surface area contributed by atoms with Crippen molar-refractivity contribution in [1.29, 1.82) is 0 Å². The highest BCUT2D eigenvalue weighted by atomic mass is 16.7. The van der Waals surface area contributed by atoms with E-state index in [2.05, 4.69) is 15.2 Å². The molecule has 0 aliphatic carbocycles. The third-order valence-electron chi connectivity index (χ3n) is 8.35. The van der Waals surface area contributed by atoms with Crippen molar-refractivity contribution < 1.29 is 33.6 Å². The van der Waals surface area contributed by atoms with Crippen LogP contribution < -0.4 is 24.3 Å². The molecule has 41 heavy (non-hydrogen) atoms. The molecule has 0 bridgehead atoms. The summed E-state index contributed by atoms with van der Waals surface area (Å²) in [7, 11) is 0. The maximum Gasteiger partial charge on any atom is 0.259 e. The van der Waals surface area contributed by atoms with Crippen molar-refractivity contribution >= 4 is 44.8 Å². The summed E-state index contributed by atoms with van der Waals surface area (Å²) in [6, 6.07) is 7.36. The Morgan fingerprint density at radius 1 is 0.780 bits per heavy atom. The summed E-state index contributed by atoms with van der Waals surface area (Å²) < 4.78 is 24.3. The number of nitrogens with zero attached hydrogens (tertiary/aromatic N) is 2. The number of aliphatic hydroxyl groups excluding tert-OH is 1. The van der Waals surface area contributed by atoms with Gasteiger partial charge in [0.05, 0.1) is 22.8 Å². The number of amides is 2. The number of rotatable bonds is 6. The van der Waals surface area contributed by atoms with Gasteiger partial charge in [-0.15, -0.1) is 0 Å². The number of aromatic amines is 1. The first kappa shape index (κ1) is 24.3. The van der Waals surface area contributed by atoms with Crippen LogP contribution in [0.5, 0.6) is 23.0 Å². The summed E-state index contributed by atoms with van der Waals surface area (Å²) in [6.07, 6.45) is 6.46. The van der Waals surface area contributed by atoms with Gasteiger partial charge >= 0.3 is 0 Å². The van der Waals surface area contributed by atoms with Gasteiger partial charge in [0.1, 0.15) is 0 Å². The van der Waals surface area contributed by atoms with Gasteiger partial charge in [0.2, 0.25) is 13.6 Å². The summed E-state index contributed by atoms with van der Waals surface area (Å²) in [5, 5.41) is 15.1. The Kier molecular flexibility index (Phi) is 5.51. The van der Waals surface area contributed by atoms with E-state index in [1.807, 2.05) is 35.0 Å². The first-order valence-electron chi connectivity index (χ1n) is 13.9. The molecule has 4 aliphatic heterocycles. The zero-order valence-electron chi connectivity index (χ0n) is 22.2. The monoisotopic (exact) mass is 556 g/mol. The molecule has 11 nitrogen and oxygen atoms in total. The van der Waals surface area contributed by atoms with Crippen molar-refractivity contribution in [1.82, 2.24) is 19.8 Å². The highest BCUT2D eigenvalue weighted by Crippen LogP contribution is 2.44. The Morgan fingerprint density at radius 3 is 2.15 bits per heavy atom. The zero-order chi connectivity index (χ0) is 27.7. The third-order valence-corrected chi connectivity index (χ3v) is 8.35. The molecular formula is C30H28N4O7. The summed E-state index contributed by atoms with van der Waals surface area (Å²) >= 11 is 0. The Bertz CT molecular complexity index is 1780. The minimum absolute atomic E-state index is 0.104. The molecule has 2 aromatic heterocycles. The first-order chi connectivity index (χ1) is 20.0. The van der Waals surface area contributed by atoms with Crippen LogP contribution in [0.2, 0.25) is 0 Å². The van der Waals surface area contributed by atoms with Gasteiger partial charge in [-0.1, -0.05) is 6.42 Å². The number of aliphatic hydroxyl groups is 1. The molecule has 6 heterocycles. The van der Waals surface area contributed by atoms with Crippen LogP contribution in [0.25, 0.3) is 33.0 Å². The Balaban J connectivity index is 1.27. The fraction of sp³-hybridized carbons (Fsp3) is 0.333. The molecule has 210 valence electrons. The molecule has 3 N–H and O–H groups in total. The molecule has 4 aliphatic rings. The number of aromatic nitrogens is 2. The van der Waals surface area contributed by atoms with Crippen molar-refractivity contribution in [3.05, 3.63) is 47.8 Å². The van der Waals surface area contributed by atoms with E-state index in [-0.39, 0.29) is 24.7 Å². The number of likely N-dealkylation sites (tertiary alicyclic amines) is 1. The zero-order valence-corrected chi connectivity index (χ0v) is 22.2. The number of hydrogen-bond donors (Lipinski definition) is 3. The highest BCUT2D eigenvalue weighted by Gasteiger charge is 2.36. The van der Waals surface area contributed by atoms with Crippen LogP contribution in [0, 0.1) is 0 Å². The lowest BCUT2D eigenvalue weighted by Gasteiger charge is -2.28. The lowest BCUT2D eigenvalue weighted by atomic mass is 9.95. The topological polar surface area (TPSA) is 127 Å². The third kappa shape index (κ3) is 3.95. The van der Waals surface area contributed by atoms with Gasteiger partial charge < -0.3 is 38.5 Å². The van der Waals surface area contributed by atoms with Crippen LogP contribution in [0.1, 0.15) is 30.4 Å². The van der Waals surface area contributed by atoms with Gasteiger partial charge in [0.25, 0.3) is 11.8 Å². The number of hydrogen-bond acceptors (Lipinski definition) is 8. The van der Waals surface area contributed by atoms with Crippen molar-refractivity contribution in [3.8, 4) is 23.0 Å². The number of imide groups is 1. The standard InChI is InChI=1S/C30H28N4O7/c35-16(11-33-4-2-1-3-5-33)12-34-13-20(18-7-24-26(9-22(18)34)41-15-39-24)28-27(29(36)32-30(28)37)19-10-31-21-8-25-23(6-17(19)21)38-14-40-25/h6-10,13,16,31,35H,1-5,11-12,14-15H2,(H,32,36,37). The maximum absolute atomic E-state index is 13.4. The first-order valence-corrected chi connectivity index (χ1v) is 13.9. The smallest absolute Gasteiger partial charge is 0.259 e. The molecule has 0 radical (unpaired) electrons. The summed E-state index contributed by atoms with van der Waals surface area (Å²) in [5.74, 6) is 1.41. The molecule has 4 aromatic rings. The minimum Gasteiger partial charge on any atom is -0.454 e. The molecule has 1 unspecified atom stereocenters. The second-order valence-electron chi connectivity index (χ2n) is 10.9. The number of nitrogens with one attached hydrogen (secondary N) is 2. The van der Waals surface area contributed by atoms with Gasteiger partial charge in [-0.05, 0) is 38.1 Å². The quantitative estimate of drug-likeness (QED) is 0.310. The molecule has 1 atom stereocenters. The van der Waals surface area contributed by atoms with Gasteiger partial charge in [0, 0.05) is 65.0 Å². The summed E-state index contributed by atoms with van der Waals surface area (Å²) in [5.41, 5.74) is 3.24. The number of piperidine rings is 1. The van der Waals surface area contributed by atoms with Crippen LogP contribution in [0.15, 0.2) is 36.7 Å². The van der Waals surface area contributed by atoms with Crippen LogP contribution >= 0.6 is 0 Å². The van der Waals surface area contributed by atoms with E-state index < -0.39 is 17.9 Å². The molecule has 11 heteroatoms. The lowest BCUT2D eigenvalue weighted by Crippen LogP contribution is -2.37. The summed E-state index contributed by atoms with van der Waals surface area (Å²) in [6.45, 7) is 3.09. The van der Waals surface area contributed by atoms with Crippen molar-refractivity contribution in [2.45, 2.75) is 31.9 Å². The molecule has 0 spiro atoms. The van der Waals surface area contributed by atoms with Crippen LogP contribution in [0.3, 0.4) is 0 Å². The predicted molar refractivity (Wildman–Crippen MR) is 149 cm³/mol. The second-order valence-corrected chi connectivity index (χ2v) is 10.9. The van der Waals surface area contributed by atoms with E-state index in [0.29, 0.717) is 47.2 Å². The molecule has 0 saturated carbocycles. The largest absolute Gasteiger partial charge is 0.454 e. The predicted octanol–water partition coefficient (Wildman–Crippen LogP) is 2.99. The Morgan fingerprint density at radius 2 is 1.41 bits per heavy atom. The van der Waals surface area contributed by atoms with E-state index >= 15 is 0 Å². The average Bonchev–Trinajstić information content (AvgIpc) is 3.78. The van der Waals surface area contributed by atoms with E-state index in [1.54, 1.807) is 6.20 Å².